The first-order valence-corrected chi connectivity index (χ1v) is 12.5. The molecular formula is C20H43O5P. The van der Waals surface area contributed by atoms with Crippen molar-refractivity contribution >= 4 is 7.60 Å². The van der Waals surface area contributed by atoms with Gasteiger partial charge in [-0.3, -0.25) is 4.57 Å². The molecule has 0 radical (unpaired) electrons. The summed E-state index contributed by atoms with van der Waals surface area (Å²) in [5.74, 6) is 0. The molecule has 158 valence electrons. The summed E-state index contributed by atoms with van der Waals surface area (Å²) in [5.41, 5.74) is 0. The molecule has 5 nitrogen and oxygen atoms in total. The maximum absolute atomic E-state index is 12.1. The first-order valence-electron chi connectivity index (χ1n) is 10.7. The molecule has 0 saturated heterocycles. The van der Waals surface area contributed by atoms with Crippen molar-refractivity contribution in [1.29, 1.82) is 0 Å². The van der Waals surface area contributed by atoms with Crippen LogP contribution in [-0.2, 0) is 18.6 Å². The monoisotopic (exact) mass is 394 g/mol. The van der Waals surface area contributed by atoms with E-state index in [1.165, 1.54) is 32.1 Å². The van der Waals surface area contributed by atoms with E-state index >= 15 is 0 Å². The fourth-order valence-electron chi connectivity index (χ4n) is 2.59. The molecule has 0 aromatic rings. The molecule has 0 aromatic heterocycles. The number of hydrogen-bond donors (Lipinski definition) is 1. The van der Waals surface area contributed by atoms with Gasteiger partial charge in [-0.1, -0.05) is 72.1 Å². The fraction of sp³-hybridized carbons (Fsp3) is 1.00. The third-order valence-electron chi connectivity index (χ3n) is 4.30. The van der Waals surface area contributed by atoms with E-state index in [0.29, 0.717) is 19.8 Å². The van der Waals surface area contributed by atoms with Gasteiger partial charge in [0, 0.05) is 19.4 Å². The second-order valence-electron chi connectivity index (χ2n) is 7.05. The molecule has 0 aliphatic rings. The predicted octanol–water partition coefficient (Wildman–Crippen LogP) is 5.94. The molecule has 2 atom stereocenters. The fourth-order valence-corrected chi connectivity index (χ4v) is 3.75. The van der Waals surface area contributed by atoms with Gasteiger partial charge in [0.1, 0.15) is 6.10 Å². The standard InChI is InChI=1S/C20H43O5P/c1-4-7-10-12-15-23-18-20(24-16-13-11-8-5-2)19-25-26(21,22)17-14-9-6-3/h20H,4-19H2,1-3H3,(H,21,22)/t20-/m1/s1. The molecule has 0 aliphatic carbocycles. The molecule has 6 heteroatoms. The van der Waals surface area contributed by atoms with Crippen LogP contribution < -0.4 is 0 Å². The predicted molar refractivity (Wildman–Crippen MR) is 109 cm³/mol. The molecule has 0 amide bonds. The van der Waals surface area contributed by atoms with E-state index in [9.17, 15) is 9.46 Å². The summed E-state index contributed by atoms with van der Waals surface area (Å²) in [4.78, 5) is 9.94. The van der Waals surface area contributed by atoms with Crippen LogP contribution in [0, 0.1) is 0 Å². The zero-order chi connectivity index (χ0) is 19.5. The van der Waals surface area contributed by atoms with Gasteiger partial charge in [-0.15, -0.1) is 0 Å². The molecular weight excluding hydrogens is 351 g/mol. The summed E-state index contributed by atoms with van der Waals surface area (Å²) >= 11 is 0. The summed E-state index contributed by atoms with van der Waals surface area (Å²) < 4.78 is 29.0. The van der Waals surface area contributed by atoms with Crippen molar-refractivity contribution < 1.29 is 23.5 Å². The SMILES string of the molecule is CCCCCCOC[C@H](COP(=O)(O)CCCCC)OCCCCCC. The summed E-state index contributed by atoms with van der Waals surface area (Å²) in [7, 11) is -3.52. The molecule has 1 N–H and O–H groups in total. The molecule has 0 bridgehead atoms. The van der Waals surface area contributed by atoms with E-state index in [1.807, 2.05) is 0 Å². The smallest absolute Gasteiger partial charge is 0.328 e. The number of rotatable bonds is 20. The van der Waals surface area contributed by atoms with Crippen molar-refractivity contribution in [2.24, 2.45) is 0 Å². The topological polar surface area (TPSA) is 65.0 Å². The molecule has 0 rings (SSSR count). The van der Waals surface area contributed by atoms with Crippen molar-refractivity contribution in [3.8, 4) is 0 Å². The van der Waals surface area contributed by atoms with Crippen molar-refractivity contribution in [3.63, 3.8) is 0 Å². The van der Waals surface area contributed by atoms with Crippen LogP contribution in [0.1, 0.15) is 91.4 Å². The van der Waals surface area contributed by atoms with Crippen LogP contribution in [0.25, 0.3) is 0 Å². The first kappa shape index (κ1) is 26.1. The van der Waals surface area contributed by atoms with E-state index in [-0.39, 0.29) is 18.9 Å². The molecule has 0 fully saturated rings. The number of unbranched alkanes of at least 4 members (excludes halogenated alkanes) is 8. The Morgan fingerprint density at radius 1 is 0.769 bits per heavy atom. The van der Waals surface area contributed by atoms with Gasteiger partial charge in [0.15, 0.2) is 0 Å². The Labute approximate surface area is 161 Å². The lowest BCUT2D eigenvalue weighted by Gasteiger charge is -2.20. The van der Waals surface area contributed by atoms with E-state index in [0.717, 1.165) is 38.5 Å². The lowest BCUT2D eigenvalue weighted by atomic mass is 10.2. The highest BCUT2D eigenvalue weighted by molar-refractivity contribution is 7.52. The highest BCUT2D eigenvalue weighted by atomic mass is 31.2. The van der Waals surface area contributed by atoms with E-state index in [2.05, 4.69) is 20.8 Å². The highest BCUT2D eigenvalue weighted by Gasteiger charge is 2.21. The Kier molecular flexibility index (Phi) is 18.5. The van der Waals surface area contributed by atoms with E-state index < -0.39 is 7.60 Å². The minimum Gasteiger partial charge on any atom is -0.379 e. The van der Waals surface area contributed by atoms with Crippen LogP contribution in [0.5, 0.6) is 0 Å². The highest BCUT2D eigenvalue weighted by Crippen LogP contribution is 2.43. The van der Waals surface area contributed by atoms with Crippen molar-refractivity contribution in [2.75, 3.05) is 32.6 Å². The Morgan fingerprint density at radius 3 is 1.96 bits per heavy atom. The van der Waals surface area contributed by atoms with Crippen LogP contribution in [0.15, 0.2) is 0 Å². The third-order valence-corrected chi connectivity index (χ3v) is 5.74. The van der Waals surface area contributed by atoms with Crippen molar-refractivity contribution in [2.45, 2.75) is 97.5 Å². The second kappa shape index (κ2) is 18.4. The maximum Gasteiger partial charge on any atom is 0.328 e. The van der Waals surface area contributed by atoms with Crippen molar-refractivity contribution in [3.05, 3.63) is 0 Å². The zero-order valence-corrected chi connectivity index (χ0v) is 18.3. The number of ether oxygens (including phenoxy) is 2. The van der Waals surface area contributed by atoms with Gasteiger partial charge >= 0.3 is 7.60 Å². The minimum absolute atomic E-state index is 0.128. The first-order chi connectivity index (χ1) is 12.6. The molecule has 0 saturated carbocycles. The molecule has 26 heavy (non-hydrogen) atoms. The van der Waals surface area contributed by atoms with Crippen LogP contribution >= 0.6 is 7.60 Å². The van der Waals surface area contributed by atoms with Gasteiger partial charge in [-0.2, -0.15) is 0 Å². The van der Waals surface area contributed by atoms with Crippen molar-refractivity contribution in [1.82, 2.24) is 0 Å². The van der Waals surface area contributed by atoms with Crippen LogP contribution in [0.3, 0.4) is 0 Å². The summed E-state index contributed by atoms with van der Waals surface area (Å²) in [6.45, 7) is 8.36. The summed E-state index contributed by atoms with van der Waals surface area (Å²) in [5, 5.41) is 0. The van der Waals surface area contributed by atoms with Gasteiger partial charge in [-0.25, -0.2) is 0 Å². The maximum atomic E-state index is 12.1. The van der Waals surface area contributed by atoms with Gasteiger partial charge < -0.3 is 18.9 Å². The van der Waals surface area contributed by atoms with Gasteiger partial charge in [-0.05, 0) is 19.3 Å². The third kappa shape index (κ3) is 17.5. The molecule has 0 aliphatic heterocycles. The Balaban J connectivity index is 4.14. The van der Waals surface area contributed by atoms with E-state index in [4.69, 9.17) is 14.0 Å². The zero-order valence-electron chi connectivity index (χ0n) is 17.4. The largest absolute Gasteiger partial charge is 0.379 e. The lowest BCUT2D eigenvalue weighted by Crippen LogP contribution is -2.26. The molecule has 1 unspecified atom stereocenters. The summed E-state index contributed by atoms with van der Waals surface area (Å²) in [6, 6.07) is 0. The average molecular weight is 395 g/mol. The Bertz CT molecular complexity index is 338. The molecule has 0 aromatic carbocycles. The molecule has 0 spiro atoms. The average Bonchev–Trinajstić information content (AvgIpc) is 2.61. The normalized spacial score (nSPS) is 15.1. The van der Waals surface area contributed by atoms with Crippen LogP contribution in [0.2, 0.25) is 0 Å². The minimum atomic E-state index is -3.52. The second-order valence-corrected chi connectivity index (χ2v) is 9.03. The van der Waals surface area contributed by atoms with Gasteiger partial charge in [0.05, 0.1) is 13.2 Å². The van der Waals surface area contributed by atoms with Gasteiger partial charge in [0.25, 0.3) is 0 Å². The van der Waals surface area contributed by atoms with Crippen LogP contribution in [0.4, 0.5) is 0 Å². The molecule has 0 heterocycles. The number of hydrogen-bond acceptors (Lipinski definition) is 4. The Hall–Kier alpha value is 0.0700. The van der Waals surface area contributed by atoms with E-state index in [1.54, 1.807) is 0 Å². The van der Waals surface area contributed by atoms with Crippen LogP contribution in [-0.4, -0.2) is 43.6 Å². The summed E-state index contributed by atoms with van der Waals surface area (Å²) in [6.07, 6.45) is 11.9. The van der Waals surface area contributed by atoms with Gasteiger partial charge in [0.2, 0.25) is 0 Å². The Morgan fingerprint density at radius 2 is 1.35 bits per heavy atom. The quantitative estimate of drug-likeness (QED) is 0.204. The lowest BCUT2D eigenvalue weighted by molar-refractivity contribution is -0.0403.